The standard InChI is InChI=1S/C27H31FN4O4/c1-35-23-4-2-3-5-24(23)36-17-26(34)32(20-7-8-20)15-12-25(33)31-13-10-18(11-14-31)27-29-21-9-6-19(28)16-22(21)30-27/h2-6,9,16,18,20H,7-8,10-15,17H2,1H3,(H,29,30). The number of carbonyl (C=O) groups is 2. The van der Waals surface area contributed by atoms with E-state index in [1.165, 1.54) is 12.1 Å². The van der Waals surface area contributed by atoms with Crippen LogP contribution in [0.1, 0.15) is 43.8 Å². The molecule has 190 valence electrons. The lowest BCUT2D eigenvalue weighted by atomic mass is 9.96. The van der Waals surface area contributed by atoms with Crippen molar-refractivity contribution in [1.82, 2.24) is 19.8 Å². The maximum absolute atomic E-state index is 13.5. The zero-order valence-corrected chi connectivity index (χ0v) is 20.4. The molecule has 0 radical (unpaired) electrons. The number of benzene rings is 2. The third-order valence-corrected chi connectivity index (χ3v) is 6.99. The maximum atomic E-state index is 13.5. The van der Waals surface area contributed by atoms with Crippen LogP contribution in [-0.2, 0) is 9.59 Å². The average molecular weight is 495 g/mol. The summed E-state index contributed by atoms with van der Waals surface area (Å²) >= 11 is 0. The van der Waals surface area contributed by atoms with Gasteiger partial charge in [0.1, 0.15) is 11.6 Å². The molecule has 1 aromatic heterocycles. The summed E-state index contributed by atoms with van der Waals surface area (Å²) in [5.41, 5.74) is 1.45. The number of ether oxygens (including phenoxy) is 2. The summed E-state index contributed by atoms with van der Waals surface area (Å²) in [6.07, 6.45) is 3.81. The number of nitrogens with zero attached hydrogens (tertiary/aromatic N) is 3. The second-order valence-corrected chi connectivity index (χ2v) is 9.45. The first-order valence-corrected chi connectivity index (χ1v) is 12.5. The van der Waals surface area contributed by atoms with Crippen LogP contribution < -0.4 is 9.47 Å². The van der Waals surface area contributed by atoms with Crippen molar-refractivity contribution in [2.45, 2.75) is 44.1 Å². The van der Waals surface area contributed by atoms with E-state index in [9.17, 15) is 14.0 Å². The number of carbonyl (C=O) groups excluding carboxylic acids is 2. The molecule has 0 bridgehead atoms. The number of rotatable bonds is 9. The molecule has 3 aromatic rings. The lowest BCUT2D eigenvalue weighted by Crippen LogP contribution is -2.42. The summed E-state index contributed by atoms with van der Waals surface area (Å²) in [7, 11) is 1.56. The molecule has 0 spiro atoms. The number of para-hydroxylation sites is 2. The summed E-state index contributed by atoms with van der Waals surface area (Å²) in [6.45, 7) is 1.59. The second-order valence-electron chi connectivity index (χ2n) is 9.45. The number of likely N-dealkylation sites (tertiary alicyclic amines) is 1. The maximum Gasteiger partial charge on any atom is 0.260 e. The number of piperidine rings is 1. The molecule has 2 heterocycles. The van der Waals surface area contributed by atoms with Crippen LogP contribution in [0.4, 0.5) is 4.39 Å². The third kappa shape index (κ3) is 5.45. The monoisotopic (exact) mass is 494 g/mol. The molecule has 1 saturated heterocycles. The fourth-order valence-electron chi connectivity index (χ4n) is 4.83. The van der Waals surface area contributed by atoms with Crippen LogP contribution in [0, 0.1) is 5.82 Å². The van der Waals surface area contributed by atoms with Gasteiger partial charge in [-0.05, 0) is 56.0 Å². The van der Waals surface area contributed by atoms with Gasteiger partial charge >= 0.3 is 0 Å². The molecule has 5 rings (SSSR count). The Morgan fingerprint density at radius 2 is 1.86 bits per heavy atom. The Hall–Kier alpha value is -3.62. The van der Waals surface area contributed by atoms with E-state index >= 15 is 0 Å². The number of aromatic nitrogens is 2. The van der Waals surface area contributed by atoms with Crippen LogP contribution in [0.15, 0.2) is 42.5 Å². The van der Waals surface area contributed by atoms with Gasteiger partial charge in [-0.15, -0.1) is 0 Å². The van der Waals surface area contributed by atoms with Gasteiger partial charge < -0.3 is 24.3 Å². The van der Waals surface area contributed by atoms with Crippen LogP contribution in [0.3, 0.4) is 0 Å². The Morgan fingerprint density at radius 1 is 1.11 bits per heavy atom. The minimum atomic E-state index is -0.289. The van der Waals surface area contributed by atoms with Gasteiger partial charge in [0.15, 0.2) is 18.1 Å². The molecule has 0 unspecified atom stereocenters. The third-order valence-electron chi connectivity index (χ3n) is 6.99. The van der Waals surface area contributed by atoms with E-state index in [1.54, 1.807) is 30.2 Å². The average Bonchev–Trinajstić information content (AvgIpc) is 3.65. The van der Waals surface area contributed by atoms with E-state index in [4.69, 9.17) is 9.47 Å². The number of hydrogen-bond acceptors (Lipinski definition) is 5. The molecule has 8 nitrogen and oxygen atoms in total. The minimum absolute atomic E-state index is 0.0595. The number of H-pyrrole nitrogens is 1. The van der Waals surface area contributed by atoms with Crippen molar-refractivity contribution in [3.63, 3.8) is 0 Å². The van der Waals surface area contributed by atoms with Crippen molar-refractivity contribution in [3.05, 3.63) is 54.1 Å². The predicted octanol–water partition coefficient (Wildman–Crippen LogP) is 3.88. The number of aromatic amines is 1. The first-order chi connectivity index (χ1) is 17.5. The van der Waals surface area contributed by atoms with Crippen molar-refractivity contribution in [3.8, 4) is 11.5 Å². The largest absolute Gasteiger partial charge is 0.493 e. The molecule has 1 saturated carbocycles. The zero-order valence-electron chi connectivity index (χ0n) is 20.4. The van der Waals surface area contributed by atoms with Gasteiger partial charge in [-0.3, -0.25) is 9.59 Å². The van der Waals surface area contributed by atoms with Gasteiger partial charge in [-0.1, -0.05) is 12.1 Å². The van der Waals surface area contributed by atoms with Crippen molar-refractivity contribution in [2.75, 3.05) is 33.4 Å². The topological polar surface area (TPSA) is 87.8 Å². The first-order valence-electron chi connectivity index (χ1n) is 12.5. The van der Waals surface area contributed by atoms with Crippen LogP contribution in [0.25, 0.3) is 11.0 Å². The molecule has 1 aliphatic heterocycles. The molecular weight excluding hydrogens is 463 g/mol. The van der Waals surface area contributed by atoms with Gasteiger partial charge in [0.05, 0.1) is 18.1 Å². The second kappa shape index (κ2) is 10.6. The van der Waals surface area contributed by atoms with Crippen molar-refractivity contribution >= 4 is 22.8 Å². The number of amides is 2. The van der Waals surface area contributed by atoms with Gasteiger partial charge in [0.2, 0.25) is 5.91 Å². The number of hydrogen-bond donors (Lipinski definition) is 1. The van der Waals surface area contributed by atoms with Gasteiger partial charge in [-0.25, -0.2) is 9.37 Å². The van der Waals surface area contributed by atoms with Crippen molar-refractivity contribution in [1.29, 1.82) is 0 Å². The summed E-state index contributed by atoms with van der Waals surface area (Å²) in [4.78, 5) is 37.3. The summed E-state index contributed by atoms with van der Waals surface area (Å²) in [5, 5.41) is 0. The van der Waals surface area contributed by atoms with E-state index in [0.717, 1.165) is 37.0 Å². The number of methoxy groups -OCH3 is 1. The molecule has 9 heteroatoms. The molecule has 2 fully saturated rings. The highest BCUT2D eigenvalue weighted by atomic mass is 19.1. The zero-order chi connectivity index (χ0) is 25.1. The molecule has 36 heavy (non-hydrogen) atoms. The molecule has 1 N–H and O–H groups in total. The number of fused-ring (bicyclic) bond motifs is 1. The molecular formula is C27H31FN4O4. The van der Waals surface area contributed by atoms with Crippen LogP contribution in [0.2, 0.25) is 0 Å². The summed E-state index contributed by atoms with van der Waals surface area (Å²) in [5.74, 6) is 1.82. The van der Waals surface area contributed by atoms with E-state index in [2.05, 4.69) is 9.97 Å². The fraction of sp³-hybridized carbons (Fsp3) is 0.444. The highest BCUT2D eigenvalue weighted by molar-refractivity contribution is 5.81. The molecule has 0 atom stereocenters. The molecule has 1 aliphatic carbocycles. The highest BCUT2D eigenvalue weighted by Crippen LogP contribution is 2.30. The Labute approximate surface area is 209 Å². The highest BCUT2D eigenvalue weighted by Gasteiger charge is 2.34. The Balaban J connectivity index is 1.11. The lowest BCUT2D eigenvalue weighted by molar-refractivity contribution is -0.136. The van der Waals surface area contributed by atoms with Crippen molar-refractivity contribution < 1.29 is 23.5 Å². The van der Waals surface area contributed by atoms with E-state index in [1.807, 2.05) is 17.0 Å². The van der Waals surface area contributed by atoms with Crippen LogP contribution in [-0.4, -0.2) is 71.0 Å². The van der Waals surface area contributed by atoms with E-state index in [-0.39, 0.29) is 36.2 Å². The van der Waals surface area contributed by atoms with Crippen LogP contribution in [0.5, 0.6) is 11.5 Å². The van der Waals surface area contributed by atoms with E-state index < -0.39 is 0 Å². The first kappa shape index (κ1) is 24.1. The van der Waals surface area contributed by atoms with Gasteiger partial charge in [0, 0.05) is 38.0 Å². The van der Waals surface area contributed by atoms with Gasteiger partial charge in [-0.2, -0.15) is 0 Å². The Morgan fingerprint density at radius 3 is 2.58 bits per heavy atom. The van der Waals surface area contributed by atoms with E-state index in [0.29, 0.717) is 43.1 Å². The molecule has 2 aliphatic rings. The smallest absolute Gasteiger partial charge is 0.260 e. The summed E-state index contributed by atoms with van der Waals surface area (Å²) in [6, 6.07) is 12.0. The summed E-state index contributed by atoms with van der Waals surface area (Å²) < 4.78 is 24.5. The fourth-order valence-corrected chi connectivity index (χ4v) is 4.83. The minimum Gasteiger partial charge on any atom is -0.493 e. The lowest BCUT2D eigenvalue weighted by Gasteiger charge is -2.32. The molecule has 2 aromatic carbocycles. The molecule has 2 amide bonds. The predicted molar refractivity (Wildman–Crippen MR) is 132 cm³/mol. The quantitative estimate of drug-likeness (QED) is 0.488. The number of halogens is 1. The van der Waals surface area contributed by atoms with Gasteiger partial charge in [0.25, 0.3) is 5.91 Å². The number of imidazole rings is 1. The van der Waals surface area contributed by atoms with Crippen LogP contribution >= 0.6 is 0 Å². The Kier molecular flexibility index (Phi) is 7.06. The number of nitrogens with one attached hydrogen (secondary N) is 1. The normalized spacial score (nSPS) is 16.2. The SMILES string of the molecule is COc1ccccc1OCC(=O)N(CCC(=O)N1CCC(c2nc3ccc(F)cc3[nH]2)CC1)C1CC1. The Bertz CT molecular complexity index is 1230. The van der Waals surface area contributed by atoms with Crippen molar-refractivity contribution in [2.24, 2.45) is 0 Å².